The summed E-state index contributed by atoms with van der Waals surface area (Å²) in [6.07, 6.45) is 2.34. The van der Waals surface area contributed by atoms with Crippen LogP contribution in [0.5, 0.6) is 0 Å². The van der Waals surface area contributed by atoms with Gasteiger partial charge in [0, 0.05) is 21.5 Å². The Kier molecular flexibility index (Phi) is 6.37. The molecule has 15 heavy (non-hydrogen) atoms. The van der Waals surface area contributed by atoms with Crippen molar-refractivity contribution < 1.29 is 0 Å². The van der Waals surface area contributed by atoms with Gasteiger partial charge in [0.1, 0.15) is 0 Å². The van der Waals surface area contributed by atoms with Gasteiger partial charge in [-0.3, -0.25) is 0 Å². The number of thioether (sulfide) groups is 1. The van der Waals surface area contributed by atoms with E-state index in [-0.39, 0.29) is 0 Å². The third-order valence-corrected chi connectivity index (χ3v) is 4.74. The molecule has 1 atom stereocenters. The Morgan fingerprint density at radius 3 is 2.60 bits per heavy atom. The zero-order valence-corrected chi connectivity index (χ0v) is 11.5. The molecule has 1 heterocycles. The molecule has 0 radical (unpaired) electrons. The molecule has 0 bridgehead atoms. The van der Waals surface area contributed by atoms with Crippen LogP contribution in [0.15, 0.2) is 12.1 Å². The number of nitrogens with one attached hydrogen (secondary N) is 1. The van der Waals surface area contributed by atoms with Crippen LogP contribution in [-0.2, 0) is 12.8 Å². The van der Waals surface area contributed by atoms with Crippen LogP contribution in [0, 0.1) is 0 Å². The van der Waals surface area contributed by atoms with Crippen molar-refractivity contribution >= 4 is 23.1 Å². The van der Waals surface area contributed by atoms with Crippen molar-refractivity contribution in [1.82, 2.24) is 5.32 Å². The quantitative estimate of drug-likeness (QED) is 0.789. The summed E-state index contributed by atoms with van der Waals surface area (Å²) >= 11 is 3.98. The van der Waals surface area contributed by atoms with Gasteiger partial charge in [-0.2, -0.15) is 11.8 Å². The van der Waals surface area contributed by atoms with Gasteiger partial charge in [-0.25, -0.2) is 0 Å². The maximum atomic E-state index is 3.40. The van der Waals surface area contributed by atoms with Crippen LogP contribution in [0.2, 0.25) is 0 Å². The highest BCUT2D eigenvalue weighted by Crippen LogP contribution is 2.19. The van der Waals surface area contributed by atoms with Crippen LogP contribution in [0.1, 0.15) is 23.6 Å². The van der Waals surface area contributed by atoms with E-state index in [1.54, 1.807) is 0 Å². The van der Waals surface area contributed by atoms with Crippen molar-refractivity contribution in [3.05, 3.63) is 21.9 Å². The standard InChI is InChI=1S/C12H21NS2/c1-4-11-6-7-12(15-11)8-10(13-3)9-14-5-2/h6-7,10,13H,4-5,8-9H2,1-3H3. The topological polar surface area (TPSA) is 12.0 Å². The minimum atomic E-state index is 0.623. The predicted octanol–water partition coefficient (Wildman–Crippen LogP) is 3.19. The summed E-state index contributed by atoms with van der Waals surface area (Å²) in [7, 11) is 2.06. The fourth-order valence-corrected chi connectivity index (χ4v) is 3.31. The van der Waals surface area contributed by atoms with Gasteiger partial charge in [-0.15, -0.1) is 11.3 Å². The Morgan fingerprint density at radius 1 is 1.33 bits per heavy atom. The molecule has 1 nitrogen and oxygen atoms in total. The predicted molar refractivity (Wildman–Crippen MR) is 73.2 cm³/mol. The summed E-state index contributed by atoms with van der Waals surface area (Å²) in [6.45, 7) is 4.44. The van der Waals surface area contributed by atoms with E-state index in [9.17, 15) is 0 Å². The second-order valence-electron chi connectivity index (χ2n) is 3.57. The SMILES string of the molecule is CCSCC(Cc1ccc(CC)s1)NC. The molecule has 1 aromatic rings. The lowest BCUT2D eigenvalue weighted by Gasteiger charge is -2.13. The molecule has 0 aromatic carbocycles. The monoisotopic (exact) mass is 243 g/mol. The first-order valence-corrected chi connectivity index (χ1v) is 7.59. The van der Waals surface area contributed by atoms with Gasteiger partial charge in [0.05, 0.1) is 0 Å². The number of likely N-dealkylation sites (N-methyl/N-ethyl adjacent to an activating group) is 1. The van der Waals surface area contributed by atoms with Crippen LogP contribution >= 0.6 is 23.1 Å². The van der Waals surface area contributed by atoms with Gasteiger partial charge in [-0.1, -0.05) is 13.8 Å². The summed E-state index contributed by atoms with van der Waals surface area (Å²) in [6, 6.07) is 5.17. The zero-order valence-electron chi connectivity index (χ0n) is 9.88. The number of hydrogen-bond acceptors (Lipinski definition) is 3. The first kappa shape index (κ1) is 13.1. The van der Waals surface area contributed by atoms with Crippen molar-refractivity contribution in [2.45, 2.75) is 32.7 Å². The van der Waals surface area contributed by atoms with Gasteiger partial charge in [0.15, 0.2) is 0 Å². The van der Waals surface area contributed by atoms with Crippen molar-refractivity contribution in [2.24, 2.45) is 0 Å². The van der Waals surface area contributed by atoms with Gasteiger partial charge in [0.25, 0.3) is 0 Å². The molecule has 0 spiro atoms. The lowest BCUT2D eigenvalue weighted by Crippen LogP contribution is -2.29. The van der Waals surface area contributed by atoms with Crippen molar-refractivity contribution in [3.8, 4) is 0 Å². The highest BCUT2D eigenvalue weighted by Gasteiger charge is 2.08. The van der Waals surface area contributed by atoms with Crippen molar-refractivity contribution in [2.75, 3.05) is 18.6 Å². The van der Waals surface area contributed by atoms with E-state index in [0.29, 0.717) is 6.04 Å². The van der Waals surface area contributed by atoms with Crippen LogP contribution < -0.4 is 5.32 Å². The minimum absolute atomic E-state index is 0.623. The summed E-state index contributed by atoms with van der Waals surface area (Å²) in [4.78, 5) is 3.02. The number of rotatable bonds is 7. The van der Waals surface area contributed by atoms with E-state index in [0.717, 1.165) is 0 Å². The Labute approximate surface area is 102 Å². The Balaban J connectivity index is 2.43. The van der Waals surface area contributed by atoms with Gasteiger partial charge < -0.3 is 5.32 Å². The summed E-state index contributed by atoms with van der Waals surface area (Å²) in [5.41, 5.74) is 0. The second kappa shape index (κ2) is 7.31. The van der Waals surface area contributed by atoms with E-state index in [1.807, 2.05) is 23.1 Å². The van der Waals surface area contributed by atoms with E-state index in [4.69, 9.17) is 0 Å². The highest BCUT2D eigenvalue weighted by molar-refractivity contribution is 7.99. The number of hydrogen-bond donors (Lipinski definition) is 1. The fraction of sp³-hybridized carbons (Fsp3) is 0.667. The zero-order chi connectivity index (χ0) is 11.1. The van der Waals surface area contributed by atoms with Crippen LogP contribution in [0.4, 0.5) is 0 Å². The molecule has 1 aromatic heterocycles. The van der Waals surface area contributed by atoms with E-state index in [2.05, 4.69) is 38.3 Å². The summed E-state index contributed by atoms with van der Waals surface area (Å²) in [5, 5.41) is 3.40. The maximum absolute atomic E-state index is 3.40. The molecule has 0 amide bonds. The highest BCUT2D eigenvalue weighted by atomic mass is 32.2. The van der Waals surface area contributed by atoms with E-state index in [1.165, 1.54) is 34.1 Å². The van der Waals surface area contributed by atoms with Crippen LogP contribution in [0.3, 0.4) is 0 Å². The van der Waals surface area contributed by atoms with Gasteiger partial charge in [0.2, 0.25) is 0 Å². The number of aryl methyl sites for hydroxylation is 1. The molecule has 0 aliphatic carbocycles. The third-order valence-electron chi connectivity index (χ3n) is 2.44. The van der Waals surface area contributed by atoms with Crippen molar-refractivity contribution in [1.29, 1.82) is 0 Å². The Bertz CT molecular complexity index is 270. The van der Waals surface area contributed by atoms with E-state index >= 15 is 0 Å². The van der Waals surface area contributed by atoms with E-state index < -0.39 is 0 Å². The molecule has 0 aliphatic rings. The molecular weight excluding hydrogens is 222 g/mol. The molecule has 3 heteroatoms. The molecule has 1 rings (SSSR count). The summed E-state index contributed by atoms with van der Waals surface area (Å²) < 4.78 is 0. The Hall–Kier alpha value is 0.01000. The fourth-order valence-electron chi connectivity index (χ4n) is 1.47. The second-order valence-corrected chi connectivity index (χ2v) is 6.14. The third kappa shape index (κ3) is 4.58. The Morgan fingerprint density at radius 2 is 2.07 bits per heavy atom. The average Bonchev–Trinajstić information content (AvgIpc) is 2.71. The van der Waals surface area contributed by atoms with Gasteiger partial charge >= 0.3 is 0 Å². The molecule has 0 aliphatic heterocycles. The normalized spacial score (nSPS) is 13.0. The smallest absolute Gasteiger partial charge is 0.0203 e. The lowest BCUT2D eigenvalue weighted by molar-refractivity contribution is 0.622. The molecule has 86 valence electrons. The maximum Gasteiger partial charge on any atom is 0.0203 e. The van der Waals surface area contributed by atoms with Crippen LogP contribution in [0.25, 0.3) is 0 Å². The molecular formula is C12H21NS2. The van der Waals surface area contributed by atoms with Crippen molar-refractivity contribution in [3.63, 3.8) is 0 Å². The summed E-state index contributed by atoms with van der Waals surface area (Å²) in [5.74, 6) is 2.43. The average molecular weight is 243 g/mol. The first-order chi connectivity index (χ1) is 7.30. The molecule has 1 unspecified atom stereocenters. The molecule has 0 saturated carbocycles. The first-order valence-electron chi connectivity index (χ1n) is 5.62. The van der Waals surface area contributed by atoms with Crippen LogP contribution in [-0.4, -0.2) is 24.6 Å². The lowest BCUT2D eigenvalue weighted by atomic mass is 10.2. The number of thiophene rings is 1. The largest absolute Gasteiger partial charge is 0.316 e. The van der Waals surface area contributed by atoms with Gasteiger partial charge in [-0.05, 0) is 37.8 Å². The molecule has 0 saturated heterocycles. The molecule has 0 fully saturated rings. The minimum Gasteiger partial charge on any atom is -0.316 e. The molecule has 1 N–H and O–H groups in total.